The van der Waals surface area contributed by atoms with Crippen molar-refractivity contribution in [2.45, 2.75) is 39.3 Å². The van der Waals surface area contributed by atoms with Crippen molar-refractivity contribution in [1.29, 1.82) is 0 Å². The minimum Gasteiger partial charge on any atom is -0.325 e. The minimum atomic E-state index is 0.459. The molecule has 4 heteroatoms. The second-order valence-corrected chi connectivity index (χ2v) is 5.80. The van der Waals surface area contributed by atoms with E-state index in [0.29, 0.717) is 6.04 Å². The quantitative estimate of drug-likeness (QED) is 0.935. The van der Waals surface area contributed by atoms with E-state index in [1.165, 1.54) is 11.3 Å². The Morgan fingerprint density at radius 3 is 2.76 bits per heavy atom. The van der Waals surface area contributed by atoms with Crippen LogP contribution in [-0.2, 0) is 13.0 Å². The first kappa shape index (κ1) is 14.0. The third-order valence-corrected chi connectivity index (χ3v) is 3.78. The van der Waals surface area contributed by atoms with Gasteiger partial charge in [0.15, 0.2) is 5.82 Å². The molecular formula is C17H22N4. The maximum Gasteiger partial charge on any atom is 0.155 e. The third kappa shape index (κ3) is 3.22. The first-order chi connectivity index (χ1) is 10.2. The molecule has 1 aliphatic heterocycles. The molecule has 0 spiro atoms. The van der Waals surface area contributed by atoms with Crippen molar-refractivity contribution in [3.05, 3.63) is 47.7 Å². The number of para-hydroxylation sites is 1. The van der Waals surface area contributed by atoms with Gasteiger partial charge in [-0.15, -0.1) is 5.10 Å². The number of fused-ring (bicyclic) bond motifs is 1. The highest BCUT2D eigenvalue weighted by Gasteiger charge is 2.18. The van der Waals surface area contributed by atoms with Gasteiger partial charge in [-0.1, -0.05) is 32.0 Å². The molecule has 0 unspecified atom stereocenters. The second kappa shape index (κ2) is 6.22. The van der Waals surface area contributed by atoms with E-state index in [9.17, 15) is 0 Å². The van der Waals surface area contributed by atoms with E-state index in [1.54, 1.807) is 0 Å². The van der Waals surface area contributed by atoms with Gasteiger partial charge >= 0.3 is 0 Å². The molecule has 0 aliphatic carbocycles. The van der Waals surface area contributed by atoms with Gasteiger partial charge in [0.05, 0.1) is 5.69 Å². The van der Waals surface area contributed by atoms with Crippen molar-refractivity contribution in [3.8, 4) is 0 Å². The maximum absolute atomic E-state index is 4.42. The van der Waals surface area contributed by atoms with Gasteiger partial charge < -0.3 is 10.2 Å². The highest BCUT2D eigenvalue weighted by atomic mass is 15.3. The number of aryl methyl sites for hydroxylation is 1. The molecule has 0 radical (unpaired) electrons. The van der Waals surface area contributed by atoms with Crippen molar-refractivity contribution < 1.29 is 0 Å². The van der Waals surface area contributed by atoms with E-state index in [2.05, 4.69) is 70.7 Å². The van der Waals surface area contributed by atoms with Crippen LogP contribution in [0.1, 0.15) is 31.5 Å². The lowest BCUT2D eigenvalue weighted by Gasteiger charge is -2.30. The first-order valence-electron chi connectivity index (χ1n) is 7.65. The number of rotatable bonds is 4. The zero-order valence-electron chi connectivity index (χ0n) is 12.7. The van der Waals surface area contributed by atoms with Crippen LogP contribution in [0, 0.1) is 0 Å². The average Bonchev–Trinajstić information content (AvgIpc) is 2.53. The Kier molecular flexibility index (Phi) is 4.15. The van der Waals surface area contributed by atoms with Crippen LogP contribution >= 0.6 is 0 Å². The van der Waals surface area contributed by atoms with Crippen LogP contribution < -0.4 is 10.2 Å². The van der Waals surface area contributed by atoms with Gasteiger partial charge in [0.25, 0.3) is 0 Å². The van der Waals surface area contributed by atoms with Crippen LogP contribution in [0.4, 0.5) is 11.5 Å². The van der Waals surface area contributed by atoms with E-state index in [-0.39, 0.29) is 0 Å². The number of anilines is 2. The molecule has 0 bridgehead atoms. The summed E-state index contributed by atoms with van der Waals surface area (Å²) in [6.07, 6.45) is 2.31. The fraction of sp³-hybridized carbons (Fsp3) is 0.412. The topological polar surface area (TPSA) is 41.0 Å². The van der Waals surface area contributed by atoms with Crippen molar-refractivity contribution in [1.82, 2.24) is 15.5 Å². The molecular weight excluding hydrogens is 260 g/mol. The molecule has 1 aromatic heterocycles. The SMILES string of the molecule is CC(C)NCc1ccc(N2CCCc3ccccc32)nn1. The van der Waals surface area contributed by atoms with E-state index in [0.717, 1.165) is 37.4 Å². The van der Waals surface area contributed by atoms with Gasteiger partial charge in [0.1, 0.15) is 0 Å². The van der Waals surface area contributed by atoms with E-state index in [4.69, 9.17) is 0 Å². The average molecular weight is 282 g/mol. The van der Waals surface area contributed by atoms with Gasteiger partial charge in [0.2, 0.25) is 0 Å². The predicted molar refractivity (Wildman–Crippen MR) is 85.8 cm³/mol. The van der Waals surface area contributed by atoms with Crippen LogP contribution in [0.15, 0.2) is 36.4 Å². The number of nitrogens with one attached hydrogen (secondary N) is 1. The Balaban J connectivity index is 1.79. The summed E-state index contributed by atoms with van der Waals surface area (Å²) in [6.45, 7) is 6.04. The lowest BCUT2D eigenvalue weighted by Crippen LogP contribution is -2.26. The molecule has 2 aromatic rings. The Morgan fingerprint density at radius 1 is 1.14 bits per heavy atom. The molecule has 21 heavy (non-hydrogen) atoms. The summed E-state index contributed by atoms with van der Waals surface area (Å²) in [5.41, 5.74) is 3.65. The molecule has 4 nitrogen and oxygen atoms in total. The molecule has 0 fully saturated rings. The second-order valence-electron chi connectivity index (χ2n) is 5.80. The van der Waals surface area contributed by atoms with Crippen LogP contribution in [0.2, 0.25) is 0 Å². The summed E-state index contributed by atoms with van der Waals surface area (Å²) in [4.78, 5) is 2.27. The fourth-order valence-corrected chi connectivity index (χ4v) is 2.67. The van der Waals surface area contributed by atoms with Gasteiger partial charge in [-0.2, -0.15) is 5.10 Å². The van der Waals surface area contributed by atoms with Gasteiger partial charge in [-0.05, 0) is 36.6 Å². The van der Waals surface area contributed by atoms with Crippen LogP contribution in [0.25, 0.3) is 0 Å². The summed E-state index contributed by atoms with van der Waals surface area (Å²) in [6, 6.07) is 13.2. The van der Waals surface area contributed by atoms with E-state index in [1.807, 2.05) is 0 Å². The molecule has 2 heterocycles. The molecule has 0 saturated carbocycles. The Bertz CT molecular complexity index is 592. The maximum atomic E-state index is 4.42. The number of aromatic nitrogens is 2. The summed E-state index contributed by atoms with van der Waals surface area (Å²) < 4.78 is 0. The highest BCUT2D eigenvalue weighted by molar-refractivity contribution is 5.64. The largest absolute Gasteiger partial charge is 0.325 e. The predicted octanol–water partition coefficient (Wildman–Crippen LogP) is 3.06. The van der Waals surface area contributed by atoms with Crippen LogP contribution in [0.3, 0.4) is 0 Å². The third-order valence-electron chi connectivity index (χ3n) is 3.78. The van der Waals surface area contributed by atoms with Crippen molar-refractivity contribution >= 4 is 11.5 Å². The van der Waals surface area contributed by atoms with E-state index < -0.39 is 0 Å². The van der Waals surface area contributed by atoms with Crippen LogP contribution in [-0.4, -0.2) is 22.8 Å². The molecule has 1 aliphatic rings. The lowest BCUT2D eigenvalue weighted by atomic mass is 10.0. The molecule has 0 atom stereocenters. The van der Waals surface area contributed by atoms with E-state index >= 15 is 0 Å². The van der Waals surface area contributed by atoms with Crippen molar-refractivity contribution in [2.75, 3.05) is 11.4 Å². The summed E-state index contributed by atoms with van der Waals surface area (Å²) in [5.74, 6) is 0.940. The van der Waals surface area contributed by atoms with Crippen molar-refractivity contribution in [2.24, 2.45) is 0 Å². The molecule has 1 N–H and O–H groups in total. The standard InChI is InChI=1S/C17H22N4/c1-13(2)18-12-15-9-10-17(20-19-15)21-11-5-7-14-6-3-4-8-16(14)21/h3-4,6,8-10,13,18H,5,7,11-12H2,1-2H3. The van der Waals surface area contributed by atoms with Gasteiger partial charge in [-0.25, -0.2) is 0 Å². The summed E-state index contributed by atoms with van der Waals surface area (Å²) in [7, 11) is 0. The molecule has 110 valence electrons. The van der Waals surface area contributed by atoms with Gasteiger partial charge in [0, 0.05) is 24.8 Å². The lowest BCUT2D eigenvalue weighted by molar-refractivity contribution is 0.577. The summed E-state index contributed by atoms with van der Waals surface area (Å²) in [5, 5.41) is 12.1. The zero-order valence-corrected chi connectivity index (χ0v) is 12.7. The van der Waals surface area contributed by atoms with Crippen molar-refractivity contribution in [3.63, 3.8) is 0 Å². The molecule has 3 rings (SSSR count). The molecule has 1 aromatic carbocycles. The number of hydrogen-bond acceptors (Lipinski definition) is 4. The highest BCUT2D eigenvalue weighted by Crippen LogP contribution is 2.31. The smallest absolute Gasteiger partial charge is 0.155 e. The minimum absolute atomic E-state index is 0.459. The van der Waals surface area contributed by atoms with Gasteiger partial charge in [-0.3, -0.25) is 0 Å². The summed E-state index contributed by atoms with van der Waals surface area (Å²) >= 11 is 0. The monoisotopic (exact) mass is 282 g/mol. The van der Waals surface area contributed by atoms with Crippen LogP contribution in [0.5, 0.6) is 0 Å². The Hall–Kier alpha value is -1.94. The Morgan fingerprint density at radius 2 is 2.00 bits per heavy atom. The number of nitrogens with zero attached hydrogens (tertiary/aromatic N) is 3. The number of hydrogen-bond donors (Lipinski definition) is 1. The first-order valence-corrected chi connectivity index (χ1v) is 7.65. The zero-order chi connectivity index (χ0) is 14.7. The number of benzene rings is 1. The molecule has 0 saturated heterocycles. The molecule has 0 amide bonds. The fourth-order valence-electron chi connectivity index (χ4n) is 2.67. The Labute approximate surface area is 126 Å². The normalized spacial score (nSPS) is 14.3.